The molecule has 2 aromatic rings. The summed E-state index contributed by atoms with van der Waals surface area (Å²) in [5.74, 6) is 1.91. The molecule has 0 fully saturated rings. The summed E-state index contributed by atoms with van der Waals surface area (Å²) in [6.45, 7) is 3.56. The lowest BCUT2D eigenvalue weighted by Crippen LogP contribution is -2.22. The number of halogens is 1. The van der Waals surface area contributed by atoms with Gasteiger partial charge in [-0.15, -0.1) is 11.3 Å². The van der Waals surface area contributed by atoms with Crippen molar-refractivity contribution in [2.75, 3.05) is 42.8 Å². The van der Waals surface area contributed by atoms with Crippen molar-refractivity contribution in [3.05, 3.63) is 20.8 Å². The molecule has 0 amide bonds. The Labute approximate surface area is 137 Å². The van der Waals surface area contributed by atoms with Crippen LogP contribution in [0.5, 0.6) is 0 Å². The molecule has 1 N–H and O–H groups in total. The topological polar surface area (TPSA) is 57.2 Å². The number of hydrogen-bond acceptors (Lipinski definition) is 7. The molecule has 8 heteroatoms. The van der Waals surface area contributed by atoms with Crippen molar-refractivity contribution >= 4 is 45.1 Å². The molecule has 6 nitrogen and oxygen atoms in total. The lowest BCUT2D eigenvalue weighted by molar-refractivity contribution is 0.849. The molecule has 0 bridgehead atoms. The molecule has 0 aromatic carbocycles. The molecule has 0 saturated heterocycles. The summed E-state index contributed by atoms with van der Waals surface area (Å²) in [5.41, 5.74) is 0. The third-order valence-corrected chi connectivity index (χ3v) is 4.39. The number of thiophene rings is 1. The van der Waals surface area contributed by atoms with Crippen LogP contribution in [0.25, 0.3) is 0 Å². The van der Waals surface area contributed by atoms with Gasteiger partial charge in [0.15, 0.2) is 0 Å². The number of anilines is 3. The first-order valence-corrected chi connectivity index (χ1v) is 8.28. The molecule has 0 aliphatic carbocycles. The number of aromatic nitrogens is 3. The van der Waals surface area contributed by atoms with Gasteiger partial charge < -0.3 is 15.1 Å². The van der Waals surface area contributed by atoms with E-state index >= 15 is 0 Å². The van der Waals surface area contributed by atoms with E-state index in [9.17, 15) is 0 Å². The van der Waals surface area contributed by atoms with Crippen LogP contribution in [-0.2, 0) is 6.54 Å². The Morgan fingerprint density at radius 1 is 1.19 bits per heavy atom. The molecule has 0 aliphatic heterocycles. The average Bonchev–Trinajstić information content (AvgIpc) is 2.84. The van der Waals surface area contributed by atoms with Gasteiger partial charge in [0.25, 0.3) is 0 Å². The molecule has 2 aromatic heterocycles. The second-order valence-electron chi connectivity index (χ2n) is 4.77. The molecule has 2 heterocycles. The van der Waals surface area contributed by atoms with Crippen molar-refractivity contribution in [1.82, 2.24) is 15.0 Å². The smallest absolute Gasteiger partial charge is 0.232 e. The fourth-order valence-electron chi connectivity index (χ4n) is 1.70. The van der Waals surface area contributed by atoms with Gasteiger partial charge in [0.05, 0.1) is 6.54 Å². The van der Waals surface area contributed by atoms with Crippen LogP contribution in [0, 0.1) is 0 Å². The van der Waals surface area contributed by atoms with Gasteiger partial charge in [-0.2, -0.15) is 15.0 Å². The molecule has 0 radical (unpaired) electrons. The minimum absolute atomic E-state index is 0.602. The molecule has 21 heavy (non-hydrogen) atoms. The molecule has 0 aliphatic rings. The lowest BCUT2D eigenvalue weighted by atomic mass is 10.4. The molecular weight excluding hydrogens is 352 g/mol. The van der Waals surface area contributed by atoms with Crippen LogP contribution in [0.1, 0.15) is 11.8 Å². The Balaban J connectivity index is 2.24. The first kappa shape index (κ1) is 16.0. The maximum absolute atomic E-state index is 4.50. The van der Waals surface area contributed by atoms with Gasteiger partial charge in [-0.05, 0) is 28.9 Å². The average molecular weight is 371 g/mol. The van der Waals surface area contributed by atoms with Crippen molar-refractivity contribution in [3.8, 4) is 0 Å². The van der Waals surface area contributed by atoms with Crippen LogP contribution in [-0.4, -0.2) is 42.6 Å². The zero-order valence-electron chi connectivity index (χ0n) is 12.6. The van der Waals surface area contributed by atoms with E-state index in [4.69, 9.17) is 0 Å². The lowest BCUT2D eigenvalue weighted by Gasteiger charge is -2.19. The van der Waals surface area contributed by atoms with Gasteiger partial charge in [0.1, 0.15) is 0 Å². The van der Waals surface area contributed by atoms with Crippen molar-refractivity contribution in [2.45, 2.75) is 13.5 Å². The second-order valence-corrected chi connectivity index (χ2v) is 6.68. The summed E-state index contributed by atoms with van der Waals surface area (Å²) in [4.78, 5) is 18.5. The Morgan fingerprint density at radius 2 is 1.90 bits per heavy atom. The van der Waals surface area contributed by atoms with E-state index in [0.29, 0.717) is 17.8 Å². The van der Waals surface area contributed by atoms with Crippen molar-refractivity contribution in [3.63, 3.8) is 0 Å². The predicted molar refractivity (Wildman–Crippen MR) is 92.4 cm³/mol. The standard InChI is InChI=1S/C13H19BrN6S/c1-5-15-11-16-12(19(2)3)18-13(17-11)20(4)7-10-6-9(14)8-21-10/h6,8H,5,7H2,1-4H3,(H,15,16,17,18). The highest BCUT2D eigenvalue weighted by Crippen LogP contribution is 2.22. The molecule has 0 spiro atoms. The van der Waals surface area contributed by atoms with E-state index in [0.717, 1.165) is 17.6 Å². The van der Waals surface area contributed by atoms with Gasteiger partial charge in [0.2, 0.25) is 17.8 Å². The molecule has 0 unspecified atom stereocenters. The maximum atomic E-state index is 4.50. The highest BCUT2D eigenvalue weighted by molar-refractivity contribution is 9.10. The fraction of sp³-hybridized carbons (Fsp3) is 0.462. The van der Waals surface area contributed by atoms with Crippen molar-refractivity contribution in [1.29, 1.82) is 0 Å². The summed E-state index contributed by atoms with van der Waals surface area (Å²) in [6, 6.07) is 2.11. The normalized spacial score (nSPS) is 10.5. The Kier molecular flexibility index (Phi) is 5.35. The van der Waals surface area contributed by atoms with Gasteiger partial charge in [-0.25, -0.2) is 0 Å². The van der Waals surface area contributed by atoms with Gasteiger partial charge in [-0.3, -0.25) is 0 Å². The zero-order chi connectivity index (χ0) is 15.4. The summed E-state index contributed by atoms with van der Waals surface area (Å²) >= 11 is 5.19. The summed E-state index contributed by atoms with van der Waals surface area (Å²) < 4.78 is 1.11. The second kappa shape index (κ2) is 7.04. The van der Waals surface area contributed by atoms with Crippen LogP contribution in [0.3, 0.4) is 0 Å². The van der Waals surface area contributed by atoms with Crippen LogP contribution < -0.4 is 15.1 Å². The number of rotatable bonds is 6. The largest absolute Gasteiger partial charge is 0.354 e. The summed E-state index contributed by atoms with van der Waals surface area (Å²) in [5, 5.41) is 5.22. The first-order valence-electron chi connectivity index (χ1n) is 6.61. The molecule has 0 atom stereocenters. The first-order chi connectivity index (χ1) is 9.99. The van der Waals surface area contributed by atoms with E-state index in [2.05, 4.69) is 47.6 Å². The minimum atomic E-state index is 0.602. The molecule has 114 valence electrons. The van der Waals surface area contributed by atoms with Gasteiger partial charge in [-0.1, -0.05) is 0 Å². The maximum Gasteiger partial charge on any atom is 0.232 e. The van der Waals surface area contributed by atoms with Crippen molar-refractivity contribution < 1.29 is 0 Å². The van der Waals surface area contributed by atoms with Crippen molar-refractivity contribution in [2.24, 2.45) is 0 Å². The van der Waals surface area contributed by atoms with Crippen LogP contribution >= 0.6 is 27.3 Å². The number of nitrogens with one attached hydrogen (secondary N) is 1. The van der Waals surface area contributed by atoms with Gasteiger partial charge in [0, 0.05) is 42.4 Å². The van der Waals surface area contributed by atoms with E-state index in [1.54, 1.807) is 11.3 Å². The van der Waals surface area contributed by atoms with E-state index in [-0.39, 0.29) is 0 Å². The van der Waals surface area contributed by atoms with E-state index in [1.165, 1.54) is 4.88 Å². The predicted octanol–water partition coefficient (Wildman–Crippen LogP) is 2.83. The van der Waals surface area contributed by atoms with E-state index < -0.39 is 0 Å². The monoisotopic (exact) mass is 370 g/mol. The van der Waals surface area contributed by atoms with Crippen LogP contribution in [0.4, 0.5) is 17.8 Å². The summed E-state index contributed by atoms with van der Waals surface area (Å²) in [6.07, 6.45) is 0. The van der Waals surface area contributed by atoms with Crippen LogP contribution in [0.15, 0.2) is 15.9 Å². The minimum Gasteiger partial charge on any atom is -0.354 e. The van der Waals surface area contributed by atoms with E-state index in [1.807, 2.05) is 37.9 Å². The molecule has 2 rings (SSSR count). The Hall–Kier alpha value is -1.41. The third kappa shape index (κ3) is 4.28. The third-order valence-electron chi connectivity index (χ3n) is 2.70. The number of hydrogen-bond donors (Lipinski definition) is 1. The molecule has 0 saturated carbocycles. The quantitative estimate of drug-likeness (QED) is 0.843. The van der Waals surface area contributed by atoms with Crippen LogP contribution in [0.2, 0.25) is 0 Å². The Bertz CT molecular complexity index is 600. The highest BCUT2D eigenvalue weighted by Gasteiger charge is 2.12. The Morgan fingerprint density at radius 3 is 2.48 bits per heavy atom. The fourth-order valence-corrected chi connectivity index (χ4v) is 3.21. The highest BCUT2D eigenvalue weighted by atomic mass is 79.9. The molecular formula is C13H19BrN6S. The zero-order valence-corrected chi connectivity index (χ0v) is 15.0. The van der Waals surface area contributed by atoms with Gasteiger partial charge >= 0.3 is 0 Å². The number of nitrogens with zero attached hydrogens (tertiary/aromatic N) is 5. The SMILES string of the molecule is CCNc1nc(N(C)C)nc(N(C)Cc2cc(Br)cs2)n1. The summed E-state index contributed by atoms with van der Waals surface area (Å²) in [7, 11) is 5.83.